The molecule has 2 aliphatic heterocycles. The van der Waals surface area contributed by atoms with E-state index in [1.54, 1.807) is 0 Å². The van der Waals surface area contributed by atoms with Gasteiger partial charge in [0.25, 0.3) is 0 Å². The third-order valence-corrected chi connectivity index (χ3v) is 3.64. The number of piperazine rings is 1. The lowest BCUT2D eigenvalue weighted by molar-refractivity contribution is -0.0386. The molecule has 0 aromatic heterocycles. The SMILES string of the molecule is CCC1CN(CC2CN(C)CCO2)CCN1. The van der Waals surface area contributed by atoms with Crippen LogP contribution in [0.15, 0.2) is 0 Å². The van der Waals surface area contributed by atoms with Crippen molar-refractivity contribution < 1.29 is 4.74 Å². The first-order valence-corrected chi connectivity index (χ1v) is 6.54. The van der Waals surface area contributed by atoms with E-state index in [2.05, 4.69) is 29.1 Å². The maximum atomic E-state index is 5.82. The van der Waals surface area contributed by atoms with Crippen LogP contribution < -0.4 is 5.32 Å². The molecule has 0 amide bonds. The lowest BCUT2D eigenvalue weighted by Gasteiger charge is -2.38. The van der Waals surface area contributed by atoms with Gasteiger partial charge in [-0.2, -0.15) is 0 Å². The standard InChI is InChI=1S/C12H25N3O/c1-3-11-8-15(5-4-13-11)10-12-9-14(2)6-7-16-12/h11-13H,3-10H2,1-2H3. The molecule has 4 nitrogen and oxygen atoms in total. The largest absolute Gasteiger partial charge is 0.374 e. The van der Waals surface area contributed by atoms with E-state index in [0.29, 0.717) is 12.1 Å². The lowest BCUT2D eigenvalue weighted by atomic mass is 10.1. The maximum Gasteiger partial charge on any atom is 0.0829 e. The molecule has 1 N–H and O–H groups in total. The first-order chi connectivity index (χ1) is 7.78. The molecular weight excluding hydrogens is 202 g/mol. The van der Waals surface area contributed by atoms with Crippen LogP contribution in [0.25, 0.3) is 0 Å². The van der Waals surface area contributed by atoms with Gasteiger partial charge in [0.15, 0.2) is 0 Å². The molecule has 2 rings (SSSR count). The van der Waals surface area contributed by atoms with Crippen LogP contribution in [-0.2, 0) is 4.74 Å². The smallest absolute Gasteiger partial charge is 0.0829 e. The first-order valence-electron chi connectivity index (χ1n) is 6.54. The molecule has 0 saturated carbocycles. The van der Waals surface area contributed by atoms with Gasteiger partial charge in [0.05, 0.1) is 12.7 Å². The molecule has 0 aromatic rings. The maximum absolute atomic E-state index is 5.82. The van der Waals surface area contributed by atoms with Gasteiger partial charge >= 0.3 is 0 Å². The van der Waals surface area contributed by atoms with Gasteiger partial charge in [0.1, 0.15) is 0 Å². The first kappa shape index (κ1) is 12.3. The summed E-state index contributed by atoms with van der Waals surface area (Å²) in [5.74, 6) is 0. The minimum absolute atomic E-state index is 0.411. The number of likely N-dealkylation sites (N-methyl/N-ethyl adjacent to an activating group) is 1. The van der Waals surface area contributed by atoms with Crippen molar-refractivity contribution in [2.24, 2.45) is 0 Å². The van der Waals surface area contributed by atoms with E-state index in [1.165, 1.54) is 19.5 Å². The van der Waals surface area contributed by atoms with Crippen LogP contribution in [-0.4, -0.2) is 74.9 Å². The Labute approximate surface area is 98.9 Å². The topological polar surface area (TPSA) is 27.7 Å². The monoisotopic (exact) mass is 227 g/mol. The second-order valence-corrected chi connectivity index (χ2v) is 5.07. The highest BCUT2D eigenvalue weighted by Crippen LogP contribution is 2.08. The van der Waals surface area contributed by atoms with Crippen LogP contribution in [0, 0.1) is 0 Å². The summed E-state index contributed by atoms with van der Waals surface area (Å²) in [5.41, 5.74) is 0. The molecule has 0 bridgehead atoms. The van der Waals surface area contributed by atoms with Crippen molar-refractivity contribution >= 4 is 0 Å². The van der Waals surface area contributed by atoms with Gasteiger partial charge in [-0.3, -0.25) is 4.90 Å². The van der Waals surface area contributed by atoms with Crippen LogP contribution in [0.2, 0.25) is 0 Å². The second-order valence-electron chi connectivity index (χ2n) is 5.07. The average molecular weight is 227 g/mol. The van der Waals surface area contributed by atoms with Gasteiger partial charge in [-0.05, 0) is 13.5 Å². The van der Waals surface area contributed by atoms with Gasteiger partial charge in [0.2, 0.25) is 0 Å². The van der Waals surface area contributed by atoms with Gasteiger partial charge in [-0.1, -0.05) is 6.92 Å². The number of morpholine rings is 1. The Bertz CT molecular complexity index is 212. The summed E-state index contributed by atoms with van der Waals surface area (Å²) in [4.78, 5) is 4.92. The molecule has 2 atom stereocenters. The van der Waals surface area contributed by atoms with Crippen molar-refractivity contribution in [2.75, 3.05) is 52.9 Å². The Kier molecular flexibility index (Phi) is 4.58. The quantitative estimate of drug-likeness (QED) is 0.734. The zero-order chi connectivity index (χ0) is 11.4. The number of ether oxygens (including phenoxy) is 1. The van der Waals surface area contributed by atoms with Crippen molar-refractivity contribution in [2.45, 2.75) is 25.5 Å². The van der Waals surface area contributed by atoms with Crippen molar-refractivity contribution in [1.82, 2.24) is 15.1 Å². The van der Waals surface area contributed by atoms with E-state index in [-0.39, 0.29) is 0 Å². The third kappa shape index (κ3) is 3.42. The zero-order valence-corrected chi connectivity index (χ0v) is 10.6. The van der Waals surface area contributed by atoms with Crippen molar-refractivity contribution in [1.29, 1.82) is 0 Å². The van der Waals surface area contributed by atoms with Gasteiger partial charge in [0, 0.05) is 45.3 Å². The number of hydrogen-bond donors (Lipinski definition) is 1. The highest BCUT2D eigenvalue weighted by atomic mass is 16.5. The molecule has 2 fully saturated rings. The fourth-order valence-electron chi connectivity index (χ4n) is 2.60. The summed E-state index contributed by atoms with van der Waals surface area (Å²) in [6.45, 7) is 9.89. The summed E-state index contributed by atoms with van der Waals surface area (Å²) < 4.78 is 5.82. The van der Waals surface area contributed by atoms with E-state index in [9.17, 15) is 0 Å². The third-order valence-electron chi connectivity index (χ3n) is 3.64. The minimum atomic E-state index is 0.411. The predicted molar refractivity (Wildman–Crippen MR) is 65.8 cm³/mol. The Morgan fingerprint density at radius 3 is 2.94 bits per heavy atom. The van der Waals surface area contributed by atoms with Crippen LogP contribution in [0.5, 0.6) is 0 Å². The lowest BCUT2D eigenvalue weighted by Crippen LogP contribution is -2.54. The molecule has 2 aliphatic rings. The Hall–Kier alpha value is -0.160. The highest BCUT2D eigenvalue weighted by molar-refractivity contribution is 4.81. The minimum Gasteiger partial charge on any atom is -0.374 e. The molecule has 0 spiro atoms. The van der Waals surface area contributed by atoms with Crippen molar-refractivity contribution in [3.63, 3.8) is 0 Å². The van der Waals surface area contributed by atoms with Crippen LogP contribution in [0.3, 0.4) is 0 Å². The number of rotatable bonds is 3. The van der Waals surface area contributed by atoms with Crippen LogP contribution in [0.1, 0.15) is 13.3 Å². The predicted octanol–water partition coefficient (Wildman–Crippen LogP) is 0.000800. The molecule has 0 radical (unpaired) electrons. The van der Waals surface area contributed by atoms with E-state index < -0.39 is 0 Å². The fraction of sp³-hybridized carbons (Fsp3) is 1.00. The molecule has 16 heavy (non-hydrogen) atoms. The summed E-state index contributed by atoms with van der Waals surface area (Å²) >= 11 is 0. The summed E-state index contributed by atoms with van der Waals surface area (Å²) in [7, 11) is 2.18. The van der Waals surface area contributed by atoms with E-state index >= 15 is 0 Å². The Morgan fingerprint density at radius 2 is 2.19 bits per heavy atom. The van der Waals surface area contributed by atoms with Gasteiger partial charge in [-0.25, -0.2) is 0 Å². The van der Waals surface area contributed by atoms with E-state index in [1.807, 2.05) is 0 Å². The molecule has 0 aromatic carbocycles. The summed E-state index contributed by atoms with van der Waals surface area (Å²) in [5, 5.41) is 3.55. The summed E-state index contributed by atoms with van der Waals surface area (Å²) in [6, 6.07) is 0.676. The molecule has 0 aliphatic carbocycles. The summed E-state index contributed by atoms with van der Waals surface area (Å²) in [6.07, 6.45) is 1.64. The molecule has 2 heterocycles. The molecule has 2 unspecified atom stereocenters. The molecule has 94 valence electrons. The van der Waals surface area contributed by atoms with E-state index in [4.69, 9.17) is 4.74 Å². The number of nitrogens with one attached hydrogen (secondary N) is 1. The van der Waals surface area contributed by atoms with Crippen molar-refractivity contribution in [3.8, 4) is 0 Å². The Balaban J connectivity index is 1.75. The Morgan fingerprint density at radius 1 is 1.31 bits per heavy atom. The number of hydrogen-bond acceptors (Lipinski definition) is 4. The molecular formula is C12H25N3O. The zero-order valence-electron chi connectivity index (χ0n) is 10.6. The highest BCUT2D eigenvalue weighted by Gasteiger charge is 2.23. The molecule has 4 heteroatoms. The van der Waals surface area contributed by atoms with Crippen LogP contribution >= 0.6 is 0 Å². The molecule has 2 saturated heterocycles. The fourth-order valence-corrected chi connectivity index (χ4v) is 2.60. The van der Waals surface area contributed by atoms with Gasteiger partial charge in [-0.15, -0.1) is 0 Å². The normalized spacial score (nSPS) is 34.1. The number of nitrogens with zero attached hydrogens (tertiary/aromatic N) is 2. The van der Waals surface area contributed by atoms with Crippen LogP contribution in [0.4, 0.5) is 0 Å². The van der Waals surface area contributed by atoms with Gasteiger partial charge < -0.3 is 15.0 Å². The second kappa shape index (κ2) is 5.96. The van der Waals surface area contributed by atoms with E-state index in [0.717, 1.165) is 32.8 Å². The average Bonchev–Trinajstić information content (AvgIpc) is 2.29. The van der Waals surface area contributed by atoms with Crippen molar-refractivity contribution in [3.05, 3.63) is 0 Å².